The van der Waals surface area contributed by atoms with Gasteiger partial charge in [-0.15, -0.1) is 6.42 Å². The van der Waals surface area contributed by atoms with Gasteiger partial charge in [-0.25, -0.2) is 4.39 Å². The lowest BCUT2D eigenvalue weighted by Gasteiger charge is -2.10. The van der Waals surface area contributed by atoms with Gasteiger partial charge in [0.05, 0.1) is 7.11 Å². The molecular weight excluding hydrogens is 211 g/mol. The molecule has 0 fully saturated rings. The van der Waals surface area contributed by atoms with E-state index in [1.165, 1.54) is 20.1 Å². The molecule has 0 heterocycles. The third-order valence-corrected chi connectivity index (χ3v) is 1.94. The van der Waals surface area contributed by atoms with Crippen LogP contribution in [0.25, 0.3) is 0 Å². The molecule has 0 saturated carbocycles. The highest BCUT2D eigenvalue weighted by molar-refractivity contribution is 5.94. The molecule has 0 aliphatic carbocycles. The largest absolute Gasteiger partial charge is 0.493 e. The Morgan fingerprint density at radius 3 is 2.75 bits per heavy atom. The smallest absolute Gasteiger partial charge is 0.198 e. The second-order valence-corrected chi connectivity index (χ2v) is 3.04. The molecule has 84 valence electrons. The zero-order valence-corrected chi connectivity index (χ0v) is 9.04. The van der Waals surface area contributed by atoms with E-state index in [-0.39, 0.29) is 29.5 Å². The van der Waals surface area contributed by atoms with E-state index < -0.39 is 5.82 Å². The molecule has 0 atom stereocenters. The fourth-order valence-corrected chi connectivity index (χ4v) is 1.18. The van der Waals surface area contributed by atoms with Crippen molar-refractivity contribution in [1.82, 2.24) is 0 Å². The van der Waals surface area contributed by atoms with Crippen LogP contribution < -0.4 is 9.47 Å². The van der Waals surface area contributed by atoms with Gasteiger partial charge in [0.25, 0.3) is 0 Å². The minimum atomic E-state index is -0.667. The Bertz CT molecular complexity index is 446. The number of methoxy groups -OCH3 is 1. The highest BCUT2D eigenvalue weighted by Gasteiger charge is 2.14. The van der Waals surface area contributed by atoms with Crippen LogP contribution in [-0.4, -0.2) is 19.5 Å². The van der Waals surface area contributed by atoms with Crippen molar-refractivity contribution in [2.24, 2.45) is 0 Å². The molecule has 3 nitrogen and oxygen atoms in total. The van der Waals surface area contributed by atoms with Crippen LogP contribution in [0, 0.1) is 18.2 Å². The SMILES string of the molecule is C#CCOc1c(F)cc(C(C)=O)cc1OC. The first-order valence-corrected chi connectivity index (χ1v) is 4.55. The van der Waals surface area contributed by atoms with E-state index in [0.29, 0.717) is 0 Å². The minimum Gasteiger partial charge on any atom is -0.493 e. The Morgan fingerprint density at radius 2 is 2.25 bits per heavy atom. The van der Waals surface area contributed by atoms with Gasteiger partial charge in [0, 0.05) is 5.56 Å². The Morgan fingerprint density at radius 1 is 1.56 bits per heavy atom. The molecule has 0 bridgehead atoms. The number of ether oxygens (including phenoxy) is 2. The first kappa shape index (κ1) is 12.1. The van der Waals surface area contributed by atoms with Crippen LogP contribution in [0.15, 0.2) is 12.1 Å². The number of terminal acetylenes is 1. The lowest BCUT2D eigenvalue weighted by Crippen LogP contribution is -2.02. The van der Waals surface area contributed by atoms with Crippen molar-refractivity contribution in [2.75, 3.05) is 13.7 Å². The van der Waals surface area contributed by atoms with Crippen LogP contribution in [0.3, 0.4) is 0 Å². The summed E-state index contributed by atoms with van der Waals surface area (Å²) < 4.78 is 23.5. The predicted octanol–water partition coefficient (Wildman–Crippen LogP) is 2.05. The van der Waals surface area contributed by atoms with Crippen molar-refractivity contribution in [3.63, 3.8) is 0 Å². The Balaban J connectivity index is 3.18. The summed E-state index contributed by atoms with van der Waals surface area (Å²) in [4.78, 5) is 11.1. The number of ketones is 1. The average Bonchev–Trinajstić information content (AvgIpc) is 2.26. The third-order valence-electron chi connectivity index (χ3n) is 1.94. The molecule has 0 radical (unpaired) electrons. The van der Waals surface area contributed by atoms with Gasteiger partial charge in [0.2, 0.25) is 0 Å². The van der Waals surface area contributed by atoms with E-state index in [9.17, 15) is 9.18 Å². The maximum absolute atomic E-state index is 13.6. The molecule has 0 amide bonds. The first-order valence-electron chi connectivity index (χ1n) is 4.55. The van der Waals surface area contributed by atoms with E-state index in [2.05, 4.69) is 5.92 Å². The monoisotopic (exact) mass is 222 g/mol. The molecule has 0 unspecified atom stereocenters. The third kappa shape index (κ3) is 2.51. The summed E-state index contributed by atoms with van der Waals surface area (Å²) in [5.41, 5.74) is 0.224. The van der Waals surface area contributed by atoms with Gasteiger partial charge in [-0.2, -0.15) is 0 Å². The Labute approximate surface area is 93.2 Å². The van der Waals surface area contributed by atoms with Gasteiger partial charge in [0.15, 0.2) is 23.1 Å². The van der Waals surface area contributed by atoms with E-state index >= 15 is 0 Å². The summed E-state index contributed by atoms with van der Waals surface area (Å²) >= 11 is 0. The summed E-state index contributed by atoms with van der Waals surface area (Å²) in [7, 11) is 1.36. The molecule has 0 aliphatic heterocycles. The van der Waals surface area contributed by atoms with Gasteiger partial charge in [-0.3, -0.25) is 4.79 Å². The van der Waals surface area contributed by atoms with Crippen molar-refractivity contribution < 1.29 is 18.7 Å². The van der Waals surface area contributed by atoms with Crippen molar-refractivity contribution in [3.05, 3.63) is 23.5 Å². The van der Waals surface area contributed by atoms with Crippen molar-refractivity contribution >= 4 is 5.78 Å². The molecule has 0 aromatic heterocycles. The molecular formula is C12H11FO3. The second-order valence-electron chi connectivity index (χ2n) is 3.04. The minimum absolute atomic E-state index is 0.0628. The fraction of sp³-hybridized carbons (Fsp3) is 0.250. The molecule has 1 rings (SSSR count). The highest BCUT2D eigenvalue weighted by atomic mass is 19.1. The molecule has 1 aromatic carbocycles. The van der Waals surface area contributed by atoms with E-state index in [0.717, 1.165) is 6.07 Å². The molecule has 16 heavy (non-hydrogen) atoms. The molecule has 4 heteroatoms. The predicted molar refractivity (Wildman–Crippen MR) is 57.3 cm³/mol. The van der Waals surface area contributed by atoms with Crippen LogP contribution in [0.2, 0.25) is 0 Å². The standard InChI is InChI=1S/C12H11FO3/c1-4-5-16-12-10(13)6-9(8(2)14)7-11(12)15-3/h1,6-7H,5H2,2-3H3. The van der Waals surface area contributed by atoms with E-state index in [1.54, 1.807) is 0 Å². The van der Waals surface area contributed by atoms with Crippen LogP contribution in [0.1, 0.15) is 17.3 Å². The molecule has 1 aromatic rings. The topological polar surface area (TPSA) is 35.5 Å². The van der Waals surface area contributed by atoms with Crippen LogP contribution in [-0.2, 0) is 0 Å². The molecule has 0 saturated heterocycles. The van der Waals surface area contributed by atoms with Crippen LogP contribution in [0.4, 0.5) is 4.39 Å². The fourth-order valence-electron chi connectivity index (χ4n) is 1.18. The average molecular weight is 222 g/mol. The van der Waals surface area contributed by atoms with Gasteiger partial charge in [0.1, 0.15) is 6.61 Å². The van der Waals surface area contributed by atoms with E-state index in [1.807, 2.05) is 0 Å². The number of carbonyl (C=O) groups excluding carboxylic acids is 1. The summed E-state index contributed by atoms with van der Waals surface area (Å²) in [5.74, 6) is 1.38. The highest BCUT2D eigenvalue weighted by Crippen LogP contribution is 2.31. The number of benzene rings is 1. The van der Waals surface area contributed by atoms with Gasteiger partial charge in [-0.05, 0) is 19.1 Å². The van der Waals surface area contributed by atoms with Crippen molar-refractivity contribution in [1.29, 1.82) is 0 Å². The number of rotatable bonds is 4. The lowest BCUT2D eigenvalue weighted by atomic mass is 10.1. The molecule has 0 aliphatic rings. The van der Waals surface area contributed by atoms with Gasteiger partial charge >= 0.3 is 0 Å². The molecule has 0 spiro atoms. The zero-order chi connectivity index (χ0) is 12.1. The number of hydrogen-bond donors (Lipinski definition) is 0. The first-order chi connectivity index (χ1) is 7.60. The number of carbonyl (C=O) groups is 1. The lowest BCUT2D eigenvalue weighted by molar-refractivity contribution is 0.101. The van der Waals surface area contributed by atoms with Gasteiger partial charge in [-0.1, -0.05) is 5.92 Å². The summed E-state index contributed by atoms with van der Waals surface area (Å²) in [6.45, 7) is 1.28. The number of halogens is 1. The molecule has 0 N–H and O–H groups in total. The summed E-state index contributed by atoms with van der Waals surface area (Å²) in [6, 6.07) is 2.51. The number of Topliss-reactive ketones (excluding diaryl/α,β-unsaturated/α-hetero) is 1. The van der Waals surface area contributed by atoms with Gasteiger partial charge < -0.3 is 9.47 Å². The normalized spacial score (nSPS) is 9.38. The van der Waals surface area contributed by atoms with Crippen LogP contribution >= 0.6 is 0 Å². The van der Waals surface area contributed by atoms with E-state index in [4.69, 9.17) is 15.9 Å². The zero-order valence-electron chi connectivity index (χ0n) is 9.04. The summed E-state index contributed by atoms with van der Waals surface area (Å²) in [6.07, 6.45) is 5.00. The Kier molecular flexibility index (Phi) is 3.90. The number of hydrogen-bond acceptors (Lipinski definition) is 3. The van der Waals surface area contributed by atoms with Crippen molar-refractivity contribution in [3.8, 4) is 23.8 Å². The Hall–Kier alpha value is -2.02. The van der Waals surface area contributed by atoms with Crippen molar-refractivity contribution in [2.45, 2.75) is 6.92 Å². The summed E-state index contributed by atoms with van der Waals surface area (Å²) in [5, 5.41) is 0. The second kappa shape index (κ2) is 5.17. The maximum Gasteiger partial charge on any atom is 0.198 e. The quantitative estimate of drug-likeness (QED) is 0.577. The van der Waals surface area contributed by atoms with Crippen LogP contribution in [0.5, 0.6) is 11.5 Å². The maximum atomic E-state index is 13.6.